The molecular weight excluding hydrogens is 292 g/mol. The van der Waals surface area contributed by atoms with Gasteiger partial charge in [-0.15, -0.1) is 0 Å². The van der Waals surface area contributed by atoms with Gasteiger partial charge in [0.2, 0.25) is 11.8 Å². The summed E-state index contributed by atoms with van der Waals surface area (Å²) in [5.74, 6) is 0.815. The molecule has 0 atom stereocenters. The zero-order valence-electron chi connectivity index (χ0n) is 12.3. The van der Waals surface area contributed by atoms with Crippen LogP contribution in [0.15, 0.2) is 0 Å². The van der Waals surface area contributed by atoms with E-state index in [0.717, 1.165) is 19.4 Å². The molecule has 7 heteroatoms. The molecule has 0 radical (unpaired) electrons. The van der Waals surface area contributed by atoms with Gasteiger partial charge in [-0.05, 0) is 31.6 Å². The maximum absolute atomic E-state index is 11.8. The Bertz CT molecular complexity index is 475. The average Bonchev–Trinajstić information content (AvgIpc) is 2.83. The second-order valence-corrected chi connectivity index (χ2v) is 8.29. The van der Waals surface area contributed by atoms with E-state index in [9.17, 15) is 18.0 Å². The van der Waals surface area contributed by atoms with Crippen molar-refractivity contribution in [3.8, 4) is 0 Å². The van der Waals surface area contributed by atoms with Crippen LogP contribution < -0.4 is 5.32 Å². The molecule has 2 fully saturated rings. The number of carbonyl (C=O) groups is 2. The number of hydrogen-bond donors (Lipinski definition) is 1. The second kappa shape index (κ2) is 7.24. The lowest BCUT2D eigenvalue weighted by Crippen LogP contribution is -2.32. The first kappa shape index (κ1) is 16.3. The van der Waals surface area contributed by atoms with Crippen molar-refractivity contribution in [1.82, 2.24) is 10.2 Å². The molecule has 2 heterocycles. The lowest BCUT2D eigenvalue weighted by Gasteiger charge is -2.21. The Labute approximate surface area is 126 Å². The van der Waals surface area contributed by atoms with E-state index in [2.05, 4.69) is 5.32 Å². The molecule has 2 amide bonds. The SMILES string of the molecule is O=C(CC1CCS(=O)(=O)CC1)NCCCN1CCCC1=O. The average molecular weight is 316 g/mol. The molecule has 0 bridgehead atoms. The molecule has 0 aromatic carbocycles. The number of hydrogen-bond acceptors (Lipinski definition) is 4. The monoisotopic (exact) mass is 316 g/mol. The van der Waals surface area contributed by atoms with Gasteiger partial charge < -0.3 is 10.2 Å². The highest BCUT2D eigenvalue weighted by Gasteiger charge is 2.25. The van der Waals surface area contributed by atoms with E-state index in [4.69, 9.17) is 0 Å². The van der Waals surface area contributed by atoms with E-state index >= 15 is 0 Å². The third kappa shape index (κ3) is 5.30. The summed E-state index contributed by atoms with van der Waals surface area (Å²) < 4.78 is 22.6. The zero-order chi connectivity index (χ0) is 15.3. The predicted octanol–water partition coefficient (Wildman–Crippen LogP) is 0.330. The van der Waals surface area contributed by atoms with Crippen LogP contribution in [-0.4, -0.2) is 56.3 Å². The maximum atomic E-state index is 11.8. The van der Waals surface area contributed by atoms with Crippen LogP contribution in [0.25, 0.3) is 0 Å². The summed E-state index contributed by atoms with van der Waals surface area (Å²) in [7, 11) is -2.86. The highest BCUT2D eigenvalue weighted by molar-refractivity contribution is 7.91. The van der Waals surface area contributed by atoms with Crippen LogP contribution in [-0.2, 0) is 19.4 Å². The van der Waals surface area contributed by atoms with Gasteiger partial charge in [0.15, 0.2) is 0 Å². The lowest BCUT2D eigenvalue weighted by atomic mass is 9.98. The fourth-order valence-corrected chi connectivity index (χ4v) is 4.50. The fourth-order valence-electron chi connectivity index (χ4n) is 2.92. The maximum Gasteiger partial charge on any atom is 0.222 e. The molecule has 1 N–H and O–H groups in total. The first-order valence-electron chi connectivity index (χ1n) is 7.71. The van der Waals surface area contributed by atoms with Gasteiger partial charge in [0.05, 0.1) is 11.5 Å². The van der Waals surface area contributed by atoms with E-state index in [1.54, 1.807) is 0 Å². The third-order valence-corrected chi connectivity index (χ3v) is 5.96. The summed E-state index contributed by atoms with van der Waals surface area (Å²) in [4.78, 5) is 25.0. The Kier molecular flexibility index (Phi) is 5.61. The Morgan fingerprint density at radius 2 is 2.00 bits per heavy atom. The molecule has 0 unspecified atom stereocenters. The lowest BCUT2D eigenvalue weighted by molar-refractivity contribution is -0.127. The first-order chi connectivity index (χ1) is 9.96. The molecule has 2 saturated heterocycles. The molecule has 0 spiro atoms. The van der Waals surface area contributed by atoms with Gasteiger partial charge in [-0.1, -0.05) is 0 Å². The summed E-state index contributed by atoms with van der Waals surface area (Å²) in [6.45, 7) is 2.12. The zero-order valence-corrected chi connectivity index (χ0v) is 13.2. The van der Waals surface area contributed by atoms with Crippen molar-refractivity contribution < 1.29 is 18.0 Å². The van der Waals surface area contributed by atoms with Crippen molar-refractivity contribution in [2.24, 2.45) is 5.92 Å². The van der Waals surface area contributed by atoms with Gasteiger partial charge in [-0.2, -0.15) is 0 Å². The Morgan fingerprint density at radius 1 is 1.29 bits per heavy atom. The van der Waals surface area contributed by atoms with E-state index in [1.165, 1.54) is 0 Å². The van der Waals surface area contributed by atoms with Gasteiger partial charge in [-0.25, -0.2) is 8.42 Å². The van der Waals surface area contributed by atoms with E-state index in [-0.39, 0.29) is 29.2 Å². The van der Waals surface area contributed by atoms with Crippen LogP contribution >= 0.6 is 0 Å². The van der Waals surface area contributed by atoms with Crippen LogP contribution in [0.1, 0.15) is 38.5 Å². The molecule has 0 saturated carbocycles. The summed E-state index contributed by atoms with van der Waals surface area (Å²) in [5, 5.41) is 2.86. The molecule has 0 aromatic rings. The first-order valence-corrected chi connectivity index (χ1v) is 9.53. The third-order valence-electron chi connectivity index (χ3n) is 4.25. The van der Waals surface area contributed by atoms with Crippen LogP contribution in [0, 0.1) is 5.92 Å². The Balaban J connectivity index is 1.56. The Hall–Kier alpha value is -1.11. The normalized spacial score (nSPS) is 22.5. The molecule has 2 aliphatic rings. The van der Waals surface area contributed by atoms with Gasteiger partial charge in [0, 0.05) is 32.5 Å². The van der Waals surface area contributed by atoms with Gasteiger partial charge in [-0.3, -0.25) is 9.59 Å². The van der Waals surface area contributed by atoms with Crippen molar-refractivity contribution in [2.75, 3.05) is 31.1 Å². The van der Waals surface area contributed by atoms with Crippen molar-refractivity contribution in [1.29, 1.82) is 0 Å². The number of nitrogens with zero attached hydrogens (tertiary/aromatic N) is 1. The molecular formula is C14H24N2O4S. The predicted molar refractivity (Wildman–Crippen MR) is 79.4 cm³/mol. The summed E-state index contributed by atoms with van der Waals surface area (Å²) in [5.41, 5.74) is 0. The highest BCUT2D eigenvalue weighted by Crippen LogP contribution is 2.21. The minimum absolute atomic E-state index is 0.00736. The smallest absolute Gasteiger partial charge is 0.222 e. The van der Waals surface area contributed by atoms with Gasteiger partial charge in [0.25, 0.3) is 0 Å². The molecule has 21 heavy (non-hydrogen) atoms. The van der Waals surface area contributed by atoms with Crippen molar-refractivity contribution in [3.63, 3.8) is 0 Å². The van der Waals surface area contributed by atoms with Crippen LogP contribution in [0.5, 0.6) is 0 Å². The van der Waals surface area contributed by atoms with E-state index < -0.39 is 9.84 Å². The second-order valence-electron chi connectivity index (χ2n) is 5.99. The van der Waals surface area contributed by atoms with Crippen molar-refractivity contribution in [2.45, 2.75) is 38.5 Å². The standard InChI is InChI=1S/C14H24N2O4S/c17-13(11-12-4-9-21(19,20)10-5-12)15-6-2-8-16-7-1-3-14(16)18/h12H,1-11H2,(H,15,17). The van der Waals surface area contributed by atoms with Crippen LogP contribution in [0.2, 0.25) is 0 Å². The fraction of sp³-hybridized carbons (Fsp3) is 0.857. The van der Waals surface area contributed by atoms with Crippen LogP contribution in [0.3, 0.4) is 0 Å². The molecule has 120 valence electrons. The van der Waals surface area contributed by atoms with Crippen molar-refractivity contribution >= 4 is 21.7 Å². The number of carbonyl (C=O) groups excluding carboxylic acids is 2. The van der Waals surface area contributed by atoms with E-state index in [0.29, 0.717) is 38.8 Å². The quantitative estimate of drug-likeness (QED) is 0.716. The number of rotatable bonds is 6. The topological polar surface area (TPSA) is 83.6 Å². The summed E-state index contributed by atoms with van der Waals surface area (Å²) in [6.07, 6.45) is 3.97. The van der Waals surface area contributed by atoms with E-state index in [1.807, 2.05) is 4.90 Å². The van der Waals surface area contributed by atoms with Crippen molar-refractivity contribution in [3.05, 3.63) is 0 Å². The number of nitrogens with one attached hydrogen (secondary N) is 1. The van der Waals surface area contributed by atoms with Crippen LogP contribution in [0.4, 0.5) is 0 Å². The summed E-state index contributed by atoms with van der Waals surface area (Å²) in [6, 6.07) is 0. The molecule has 2 aliphatic heterocycles. The van der Waals surface area contributed by atoms with Gasteiger partial charge in [0.1, 0.15) is 9.84 Å². The minimum Gasteiger partial charge on any atom is -0.356 e. The number of amides is 2. The molecule has 0 aliphatic carbocycles. The number of sulfone groups is 1. The molecule has 0 aromatic heterocycles. The van der Waals surface area contributed by atoms with Gasteiger partial charge >= 0.3 is 0 Å². The largest absolute Gasteiger partial charge is 0.356 e. The number of likely N-dealkylation sites (tertiary alicyclic amines) is 1. The Morgan fingerprint density at radius 3 is 2.62 bits per heavy atom. The summed E-state index contributed by atoms with van der Waals surface area (Å²) >= 11 is 0. The minimum atomic E-state index is -2.86. The molecule has 2 rings (SSSR count). The molecule has 6 nitrogen and oxygen atoms in total. The highest BCUT2D eigenvalue weighted by atomic mass is 32.2.